The largest absolute Gasteiger partial charge is 0.313 e. The second-order valence-corrected chi connectivity index (χ2v) is 6.11. The Bertz CT molecular complexity index is 550. The van der Waals surface area contributed by atoms with E-state index < -0.39 is 0 Å². The molecule has 0 saturated heterocycles. The summed E-state index contributed by atoms with van der Waals surface area (Å²) in [6.07, 6.45) is 0.735. The van der Waals surface area contributed by atoms with Crippen molar-refractivity contribution in [3.8, 4) is 0 Å². The molecule has 20 heavy (non-hydrogen) atoms. The summed E-state index contributed by atoms with van der Waals surface area (Å²) in [5, 5.41) is 15.5. The normalized spacial score (nSPS) is 13.4. The maximum absolute atomic E-state index is 4.24. The van der Waals surface area contributed by atoms with Gasteiger partial charge in [-0.05, 0) is 28.8 Å². The average molecular weight is 273 g/mol. The Balaban J connectivity index is 2.15. The Labute approximate surface area is 120 Å². The molecule has 0 aliphatic carbocycles. The quantitative estimate of drug-likeness (QED) is 0.926. The van der Waals surface area contributed by atoms with Crippen LogP contribution in [0, 0.1) is 0 Å². The Morgan fingerprint density at radius 3 is 2.30 bits per heavy atom. The van der Waals surface area contributed by atoms with Crippen LogP contribution < -0.4 is 5.32 Å². The zero-order valence-corrected chi connectivity index (χ0v) is 12.9. The fourth-order valence-electron chi connectivity index (χ4n) is 2.19. The highest BCUT2D eigenvalue weighted by Crippen LogP contribution is 2.24. The molecule has 108 valence electrons. The van der Waals surface area contributed by atoms with E-state index in [0.29, 0.717) is 0 Å². The third kappa shape index (κ3) is 3.42. The van der Waals surface area contributed by atoms with Crippen molar-refractivity contribution in [2.24, 2.45) is 7.05 Å². The van der Waals surface area contributed by atoms with Gasteiger partial charge in [-0.1, -0.05) is 45.0 Å². The van der Waals surface area contributed by atoms with E-state index in [1.165, 1.54) is 15.9 Å². The van der Waals surface area contributed by atoms with Crippen LogP contribution >= 0.6 is 0 Å². The number of nitrogens with one attached hydrogen (secondary N) is 1. The van der Waals surface area contributed by atoms with E-state index in [1.54, 1.807) is 7.05 Å². The van der Waals surface area contributed by atoms with Crippen LogP contribution in [-0.4, -0.2) is 27.3 Å². The number of tetrazole rings is 1. The number of benzene rings is 1. The fourth-order valence-corrected chi connectivity index (χ4v) is 2.19. The number of aryl methyl sites for hydroxylation is 1. The number of rotatable bonds is 4. The SMILES string of the molecule is CNC(Cc1nnn(C)n1)c1ccc(C(C)(C)C)cc1. The van der Waals surface area contributed by atoms with Gasteiger partial charge in [-0.3, -0.25) is 0 Å². The Morgan fingerprint density at radius 2 is 1.85 bits per heavy atom. The highest BCUT2D eigenvalue weighted by atomic mass is 15.6. The van der Waals surface area contributed by atoms with Crippen LogP contribution in [0.15, 0.2) is 24.3 Å². The second-order valence-electron chi connectivity index (χ2n) is 6.11. The summed E-state index contributed by atoms with van der Waals surface area (Å²) in [5.41, 5.74) is 2.77. The van der Waals surface area contributed by atoms with Crippen LogP contribution in [0.1, 0.15) is 43.8 Å². The molecule has 1 atom stereocenters. The minimum Gasteiger partial charge on any atom is -0.313 e. The van der Waals surface area contributed by atoms with E-state index in [9.17, 15) is 0 Å². The maximum atomic E-state index is 4.24. The third-order valence-electron chi connectivity index (χ3n) is 3.46. The molecule has 1 aromatic heterocycles. The molecule has 2 rings (SSSR count). The van der Waals surface area contributed by atoms with Crippen LogP contribution in [0.2, 0.25) is 0 Å². The fraction of sp³-hybridized carbons (Fsp3) is 0.533. The molecule has 1 heterocycles. The lowest BCUT2D eigenvalue weighted by molar-refractivity contribution is 0.566. The van der Waals surface area contributed by atoms with Gasteiger partial charge in [0, 0.05) is 12.5 Å². The van der Waals surface area contributed by atoms with Gasteiger partial charge in [-0.15, -0.1) is 10.2 Å². The average Bonchev–Trinajstić information content (AvgIpc) is 2.81. The van der Waals surface area contributed by atoms with Crippen molar-refractivity contribution in [2.45, 2.75) is 38.6 Å². The van der Waals surface area contributed by atoms with Crippen LogP contribution in [0.3, 0.4) is 0 Å². The zero-order chi connectivity index (χ0) is 14.8. The molecule has 1 aromatic carbocycles. The number of hydrogen-bond acceptors (Lipinski definition) is 4. The lowest BCUT2D eigenvalue weighted by Gasteiger charge is -2.21. The van der Waals surface area contributed by atoms with E-state index in [4.69, 9.17) is 0 Å². The molecule has 0 amide bonds. The van der Waals surface area contributed by atoms with Gasteiger partial charge in [0.25, 0.3) is 0 Å². The molecular formula is C15H23N5. The first kappa shape index (κ1) is 14.7. The number of likely N-dealkylation sites (N-methyl/N-ethyl adjacent to an activating group) is 1. The summed E-state index contributed by atoms with van der Waals surface area (Å²) in [4.78, 5) is 1.49. The highest BCUT2D eigenvalue weighted by molar-refractivity contribution is 5.29. The lowest BCUT2D eigenvalue weighted by atomic mass is 9.86. The minimum absolute atomic E-state index is 0.181. The summed E-state index contributed by atoms with van der Waals surface area (Å²) in [6.45, 7) is 6.67. The molecule has 0 bridgehead atoms. The van der Waals surface area contributed by atoms with Gasteiger partial charge < -0.3 is 5.32 Å². The topological polar surface area (TPSA) is 55.6 Å². The smallest absolute Gasteiger partial charge is 0.176 e. The molecule has 5 nitrogen and oxygen atoms in total. The number of aromatic nitrogens is 4. The summed E-state index contributed by atoms with van der Waals surface area (Å²) in [5.74, 6) is 0.756. The molecule has 0 aliphatic rings. The van der Waals surface area contributed by atoms with Crippen molar-refractivity contribution in [3.05, 3.63) is 41.2 Å². The zero-order valence-electron chi connectivity index (χ0n) is 12.9. The predicted octanol–water partition coefficient (Wildman–Crippen LogP) is 2.01. The standard InChI is InChI=1S/C15H23N5/c1-15(2,3)12-8-6-11(7-9-12)13(16-4)10-14-17-19-20(5)18-14/h6-9,13,16H,10H2,1-5H3. The molecule has 5 heteroatoms. The monoisotopic (exact) mass is 273 g/mol. The molecule has 0 saturated carbocycles. The number of hydrogen-bond donors (Lipinski definition) is 1. The summed E-state index contributed by atoms with van der Waals surface area (Å²) >= 11 is 0. The molecule has 1 N–H and O–H groups in total. The Kier molecular flexibility index (Phi) is 4.18. The van der Waals surface area contributed by atoms with Gasteiger partial charge in [-0.25, -0.2) is 0 Å². The van der Waals surface area contributed by atoms with Crippen LogP contribution in [0.25, 0.3) is 0 Å². The van der Waals surface area contributed by atoms with Crippen LogP contribution in [0.4, 0.5) is 0 Å². The second kappa shape index (κ2) is 5.71. The molecule has 2 aromatic rings. The van der Waals surface area contributed by atoms with Gasteiger partial charge in [0.2, 0.25) is 0 Å². The van der Waals surface area contributed by atoms with E-state index in [-0.39, 0.29) is 11.5 Å². The maximum Gasteiger partial charge on any atom is 0.176 e. The summed E-state index contributed by atoms with van der Waals surface area (Å²) in [6, 6.07) is 8.96. The molecule has 1 unspecified atom stereocenters. The van der Waals surface area contributed by atoms with Gasteiger partial charge in [0.1, 0.15) is 0 Å². The lowest BCUT2D eigenvalue weighted by Crippen LogP contribution is -2.20. The molecule has 0 aliphatic heterocycles. The van der Waals surface area contributed by atoms with E-state index >= 15 is 0 Å². The van der Waals surface area contributed by atoms with Crippen molar-refractivity contribution in [1.29, 1.82) is 0 Å². The van der Waals surface area contributed by atoms with Gasteiger partial charge >= 0.3 is 0 Å². The Morgan fingerprint density at radius 1 is 1.20 bits per heavy atom. The van der Waals surface area contributed by atoms with Gasteiger partial charge in [0.05, 0.1) is 7.05 Å². The predicted molar refractivity (Wildman–Crippen MR) is 79.4 cm³/mol. The van der Waals surface area contributed by atoms with E-state index in [0.717, 1.165) is 12.2 Å². The molecule has 0 fully saturated rings. The first-order chi connectivity index (χ1) is 9.40. The minimum atomic E-state index is 0.181. The van der Waals surface area contributed by atoms with Gasteiger partial charge in [-0.2, -0.15) is 4.80 Å². The van der Waals surface area contributed by atoms with Crippen LogP contribution in [-0.2, 0) is 18.9 Å². The third-order valence-corrected chi connectivity index (χ3v) is 3.46. The van der Waals surface area contributed by atoms with Crippen molar-refractivity contribution in [2.75, 3.05) is 7.05 Å². The number of nitrogens with zero attached hydrogens (tertiary/aromatic N) is 4. The van der Waals surface area contributed by atoms with Crippen molar-refractivity contribution in [3.63, 3.8) is 0 Å². The Hall–Kier alpha value is -1.75. The summed E-state index contributed by atoms with van der Waals surface area (Å²) < 4.78 is 0. The molecular weight excluding hydrogens is 250 g/mol. The molecule has 0 radical (unpaired) electrons. The van der Waals surface area contributed by atoms with Crippen molar-refractivity contribution >= 4 is 0 Å². The summed E-state index contributed by atoms with van der Waals surface area (Å²) in [7, 11) is 3.74. The van der Waals surface area contributed by atoms with E-state index in [2.05, 4.69) is 65.8 Å². The van der Waals surface area contributed by atoms with Crippen LogP contribution in [0.5, 0.6) is 0 Å². The van der Waals surface area contributed by atoms with Crippen molar-refractivity contribution in [1.82, 2.24) is 25.5 Å². The van der Waals surface area contributed by atoms with Crippen molar-refractivity contribution < 1.29 is 0 Å². The first-order valence-electron chi connectivity index (χ1n) is 6.90. The molecule has 0 spiro atoms. The van der Waals surface area contributed by atoms with Gasteiger partial charge in [0.15, 0.2) is 5.82 Å². The first-order valence-corrected chi connectivity index (χ1v) is 6.90. The van der Waals surface area contributed by atoms with E-state index in [1.807, 2.05) is 7.05 Å². The highest BCUT2D eigenvalue weighted by Gasteiger charge is 2.16.